The predicted molar refractivity (Wildman–Crippen MR) is 101 cm³/mol. The number of nitrogens with zero attached hydrogens (tertiary/aromatic N) is 1. The lowest BCUT2D eigenvalue weighted by atomic mass is 10.0. The lowest BCUT2D eigenvalue weighted by molar-refractivity contribution is -0.119. The van der Waals surface area contributed by atoms with E-state index in [2.05, 4.69) is 5.32 Å². The largest absolute Gasteiger partial charge is 0.354 e. The van der Waals surface area contributed by atoms with Gasteiger partial charge in [0.1, 0.15) is 18.2 Å². The molecular weight excluding hydrogens is 382 g/mol. The molecule has 0 saturated heterocycles. The van der Waals surface area contributed by atoms with E-state index in [1.165, 1.54) is 32.1 Å². The van der Waals surface area contributed by atoms with Crippen LogP contribution in [0.3, 0.4) is 0 Å². The second kappa shape index (κ2) is 9.55. The Labute approximate surface area is 157 Å². The first kappa shape index (κ1) is 21.0. The van der Waals surface area contributed by atoms with Crippen LogP contribution in [-0.2, 0) is 14.8 Å². The monoisotopic (exact) mass is 406 g/mol. The summed E-state index contributed by atoms with van der Waals surface area (Å²) in [6.45, 7) is -0.126. The molecule has 5 nitrogen and oxygen atoms in total. The van der Waals surface area contributed by atoms with Crippen LogP contribution in [0.25, 0.3) is 0 Å². The molecule has 0 aliphatic heterocycles. The van der Waals surface area contributed by atoms with Crippen LogP contribution in [0.5, 0.6) is 0 Å². The molecule has 146 valence electrons. The molecule has 0 spiro atoms. The Morgan fingerprint density at radius 2 is 1.96 bits per heavy atom. The summed E-state index contributed by atoms with van der Waals surface area (Å²) in [5.74, 6) is -1.62. The van der Waals surface area contributed by atoms with Gasteiger partial charge in [-0.15, -0.1) is 0 Å². The summed E-state index contributed by atoms with van der Waals surface area (Å²) in [4.78, 5) is 12.1. The molecule has 0 bridgehead atoms. The van der Waals surface area contributed by atoms with Crippen LogP contribution in [-0.4, -0.2) is 44.7 Å². The van der Waals surface area contributed by atoms with Gasteiger partial charge < -0.3 is 5.32 Å². The van der Waals surface area contributed by atoms with Crippen LogP contribution in [0.4, 0.5) is 14.5 Å². The summed E-state index contributed by atoms with van der Waals surface area (Å²) >= 11 is 1.82. The zero-order chi connectivity index (χ0) is 19.2. The van der Waals surface area contributed by atoms with E-state index < -0.39 is 34.1 Å². The maximum Gasteiger partial charge on any atom is 0.240 e. The van der Waals surface area contributed by atoms with Gasteiger partial charge in [-0.3, -0.25) is 9.10 Å². The molecular formula is C17H24F2N2O3S2. The van der Waals surface area contributed by atoms with Gasteiger partial charge in [-0.05, 0) is 25.0 Å². The van der Waals surface area contributed by atoms with E-state index >= 15 is 0 Å². The van der Waals surface area contributed by atoms with Crippen LogP contribution < -0.4 is 9.62 Å². The van der Waals surface area contributed by atoms with Gasteiger partial charge >= 0.3 is 0 Å². The minimum Gasteiger partial charge on any atom is -0.354 e. The highest BCUT2D eigenvalue weighted by molar-refractivity contribution is 7.99. The van der Waals surface area contributed by atoms with Crippen LogP contribution in [0.15, 0.2) is 18.2 Å². The molecule has 1 aliphatic carbocycles. The van der Waals surface area contributed by atoms with Crippen molar-refractivity contribution in [3.63, 3.8) is 0 Å². The van der Waals surface area contributed by atoms with E-state index in [1.54, 1.807) is 0 Å². The number of benzene rings is 1. The van der Waals surface area contributed by atoms with Crippen molar-refractivity contribution >= 4 is 33.4 Å². The highest BCUT2D eigenvalue weighted by atomic mass is 32.2. The number of thioether (sulfide) groups is 1. The van der Waals surface area contributed by atoms with Crippen molar-refractivity contribution in [2.45, 2.75) is 37.4 Å². The summed E-state index contributed by atoms with van der Waals surface area (Å²) in [6, 6.07) is 2.56. The molecule has 1 N–H and O–H groups in total. The van der Waals surface area contributed by atoms with Crippen LogP contribution >= 0.6 is 11.8 Å². The number of hydrogen-bond acceptors (Lipinski definition) is 4. The van der Waals surface area contributed by atoms with Crippen molar-refractivity contribution in [1.29, 1.82) is 0 Å². The first-order valence-electron chi connectivity index (χ1n) is 8.58. The predicted octanol–water partition coefficient (Wildman–Crippen LogP) is 2.91. The molecule has 2 rings (SSSR count). The second-order valence-corrected chi connectivity index (χ2v) is 9.66. The first-order valence-corrected chi connectivity index (χ1v) is 11.5. The van der Waals surface area contributed by atoms with E-state index in [1.807, 2.05) is 11.8 Å². The third-order valence-electron chi connectivity index (χ3n) is 4.20. The zero-order valence-corrected chi connectivity index (χ0v) is 16.3. The molecule has 1 aliphatic rings. The SMILES string of the molecule is CS(=O)(=O)N(CC(=O)NCCSC1CCCCC1)c1ccc(F)cc1F. The van der Waals surface area contributed by atoms with Crippen molar-refractivity contribution in [1.82, 2.24) is 5.32 Å². The van der Waals surface area contributed by atoms with Crippen LogP contribution in [0.2, 0.25) is 0 Å². The molecule has 0 heterocycles. The average Bonchev–Trinajstić information content (AvgIpc) is 2.57. The number of nitrogens with one attached hydrogen (secondary N) is 1. The number of rotatable bonds is 8. The van der Waals surface area contributed by atoms with Crippen LogP contribution in [0.1, 0.15) is 32.1 Å². The molecule has 0 atom stereocenters. The molecule has 0 radical (unpaired) electrons. The summed E-state index contributed by atoms with van der Waals surface area (Å²) in [5, 5.41) is 3.29. The number of hydrogen-bond donors (Lipinski definition) is 1. The minimum atomic E-state index is -3.89. The fraction of sp³-hybridized carbons (Fsp3) is 0.588. The number of amides is 1. The van der Waals surface area contributed by atoms with Crippen molar-refractivity contribution in [3.05, 3.63) is 29.8 Å². The van der Waals surface area contributed by atoms with Gasteiger partial charge in [0.2, 0.25) is 15.9 Å². The number of sulfonamides is 1. The maximum absolute atomic E-state index is 13.9. The van der Waals surface area contributed by atoms with E-state index in [4.69, 9.17) is 0 Å². The first-order chi connectivity index (χ1) is 12.3. The minimum absolute atomic E-state index is 0.347. The molecule has 26 heavy (non-hydrogen) atoms. The smallest absolute Gasteiger partial charge is 0.240 e. The Morgan fingerprint density at radius 1 is 1.27 bits per heavy atom. The van der Waals surface area contributed by atoms with Gasteiger partial charge in [0, 0.05) is 23.6 Å². The fourth-order valence-electron chi connectivity index (χ4n) is 2.90. The Hall–Kier alpha value is -1.35. The molecule has 1 aromatic rings. The lowest BCUT2D eigenvalue weighted by Gasteiger charge is -2.23. The van der Waals surface area contributed by atoms with Gasteiger partial charge in [-0.25, -0.2) is 17.2 Å². The number of halogens is 2. The second-order valence-electron chi connectivity index (χ2n) is 6.35. The number of carbonyl (C=O) groups excluding carboxylic acids is 1. The third kappa shape index (κ3) is 6.42. The van der Waals surface area contributed by atoms with Crippen molar-refractivity contribution in [2.75, 3.05) is 29.4 Å². The number of carbonyl (C=O) groups is 1. The standard InChI is InChI=1S/C17H24F2N2O3S2/c1-26(23,24)21(16-8-7-13(18)11-15(16)19)12-17(22)20-9-10-25-14-5-3-2-4-6-14/h7-8,11,14H,2-6,9-10,12H2,1H3,(H,20,22). The summed E-state index contributed by atoms with van der Waals surface area (Å²) < 4.78 is 51.4. The normalized spacial score (nSPS) is 15.7. The van der Waals surface area contributed by atoms with E-state index in [9.17, 15) is 22.0 Å². The summed E-state index contributed by atoms with van der Waals surface area (Å²) in [5.41, 5.74) is -0.347. The Balaban J connectivity index is 1.88. The molecule has 0 unspecified atom stereocenters. The maximum atomic E-state index is 13.9. The van der Waals surface area contributed by atoms with Crippen LogP contribution in [0, 0.1) is 11.6 Å². The fourth-order valence-corrected chi connectivity index (χ4v) is 4.98. The molecule has 1 saturated carbocycles. The van der Waals surface area contributed by atoms with E-state index in [0.29, 0.717) is 22.2 Å². The van der Waals surface area contributed by atoms with Crippen molar-refractivity contribution in [2.24, 2.45) is 0 Å². The van der Waals surface area contributed by atoms with Gasteiger partial charge in [0.25, 0.3) is 0 Å². The Kier molecular flexibility index (Phi) is 7.69. The third-order valence-corrected chi connectivity index (χ3v) is 6.71. The quantitative estimate of drug-likeness (QED) is 0.674. The zero-order valence-electron chi connectivity index (χ0n) is 14.7. The van der Waals surface area contributed by atoms with Crippen molar-refractivity contribution in [3.8, 4) is 0 Å². The van der Waals surface area contributed by atoms with Gasteiger partial charge in [0.05, 0.1) is 11.9 Å². The van der Waals surface area contributed by atoms with E-state index in [-0.39, 0.29) is 5.69 Å². The molecule has 1 fully saturated rings. The lowest BCUT2D eigenvalue weighted by Crippen LogP contribution is -2.41. The Bertz CT molecular complexity index is 723. The molecule has 9 heteroatoms. The Morgan fingerprint density at radius 3 is 2.58 bits per heavy atom. The molecule has 1 amide bonds. The van der Waals surface area contributed by atoms with Crippen molar-refractivity contribution < 1.29 is 22.0 Å². The summed E-state index contributed by atoms with van der Waals surface area (Å²) in [6.07, 6.45) is 7.05. The van der Waals surface area contributed by atoms with E-state index in [0.717, 1.165) is 24.1 Å². The highest BCUT2D eigenvalue weighted by Gasteiger charge is 2.24. The van der Waals surface area contributed by atoms with Gasteiger partial charge in [-0.2, -0.15) is 11.8 Å². The van der Waals surface area contributed by atoms with Gasteiger partial charge in [0.15, 0.2) is 0 Å². The summed E-state index contributed by atoms with van der Waals surface area (Å²) in [7, 11) is -3.89. The topological polar surface area (TPSA) is 66.5 Å². The number of anilines is 1. The molecule has 1 aromatic carbocycles. The van der Waals surface area contributed by atoms with Gasteiger partial charge in [-0.1, -0.05) is 19.3 Å². The average molecular weight is 407 g/mol. The highest BCUT2D eigenvalue weighted by Crippen LogP contribution is 2.27. The molecule has 0 aromatic heterocycles.